The molecule has 1 spiro atoms. The lowest BCUT2D eigenvalue weighted by Crippen LogP contribution is -2.39. The number of halogens is 1. The van der Waals surface area contributed by atoms with Gasteiger partial charge < -0.3 is 14.7 Å². The molecule has 4 rings (SSSR count). The van der Waals surface area contributed by atoms with Gasteiger partial charge in [-0.15, -0.1) is 0 Å². The SMILES string of the molecule is O=C(O)[C@@H]1[C@H]2C=C[C@]3(CN(c4ccccc4F)C(=O)[C@@H]13)O2. The van der Waals surface area contributed by atoms with E-state index in [0.29, 0.717) is 0 Å². The molecule has 6 heteroatoms. The number of carboxylic acid groups (broad SMARTS) is 1. The Bertz CT molecular complexity index is 688. The smallest absolute Gasteiger partial charge is 0.310 e. The number of fused-ring (bicyclic) bond motifs is 1. The van der Waals surface area contributed by atoms with E-state index in [2.05, 4.69) is 0 Å². The summed E-state index contributed by atoms with van der Waals surface area (Å²) in [6.45, 7) is 0.147. The van der Waals surface area contributed by atoms with Gasteiger partial charge in [-0.2, -0.15) is 0 Å². The van der Waals surface area contributed by atoms with Crippen LogP contribution >= 0.6 is 0 Å². The molecule has 1 aromatic carbocycles. The molecule has 5 nitrogen and oxygen atoms in total. The van der Waals surface area contributed by atoms with Crippen molar-refractivity contribution < 1.29 is 23.8 Å². The van der Waals surface area contributed by atoms with Crippen molar-refractivity contribution in [2.45, 2.75) is 11.7 Å². The van der Waals surface area contributed by atoms with Crippen LogP contribution in [0.4, 0.5) is 10.1 Å². The number of nitrogens with zero attached hydrogens (tertiary/aromatic N) is 1. The summed E-state index contributed by atoms with van der Waals surface area (Å²) in [5, 5.41) is 9.35. The number of rotatable bonds is 2. The van der Waals surface area contributed by atoms with Crippen LogP contribution in [-0.4, -0.2) is 35.2 Å². The average molecular weight is 289 g/mol. The van der Waals surface area contributed by atoms with Crippen molar-refractivity contribution in [3.63, 3.8) is 0 Å². The van der Waals surface area contributed by atoms with Gasteiger partial charge in [-0.3, -0.25) is 9.59 Å². The van der Waals surface area contributed by atoms with E-state index in [9.17, 15) is 19.1 Å². The van der Waals surface area contributed by atoms with Crippen molar-refractivity contribution in [1.29, 1.82) is 0 Å². The van der Waals surface area contributed by atoms with Gasteiger partial charge in [0.1, 0.15) is 17.3 Å². The minimum absolute atomic E-state index is 0.147. The summed E-state index contributed by atoms with van der Waals surface area (Å²) in [7, 11) is 0. The fourth-order valence-corrected chi connectivity index (χ4v) is 3.65. The fourth-order valence-electron chi connectivity index (χ4n) is 3.65. The second-order valence-corrected chi connectivity index (χ2v) is 5.61. The highest BCUT2D eigenvalue weighted by molar-refractivity contribution is 6.02. The number of ether oxygens (including phenoxy) is 1. The minimum Gasteiger partial charge on any atom is -0.481 e. The summed E-state index contributed by atoms with van der Waals surface area (Å²) >= 11 is 0. The number of carboxylic acids is 1. The number of anilines is 1. The Balaban J connectivity index is 1.78. The van der Waals surface area contributed by atoms with Crippen LogP contribution < -0.4 is 4.90 Å². The molecule has 1 amide bonds. The summed E-state index contributed by atoms with van der Waals surface area (Å²) in [6.07, 6.45) is 2.87. The number of carbonyl (C=O) groups is 2. The number of aliphatic carboxylic acids is 1. The van der Waals surface area contributed by atoms with Gasteiger partial charge in [0.15, 0.2) is 0 Å². The molecule has 0 unspecified atom stereocenters. The third-order valence-corrected chi connectivity index (χ3v) is 4.53. The zero-order chi connectivity index (χ0) is 14.8. The van der Waals surface area contributed by atoms with Crippen molar-refractivity contribution in [2.75, 3.05) is 11.4 Å². The van der Waals surface area contributed by atoms with Gasteiger partial charge in [0, 0.05) is 0 Å². The largest absolute Gasteiger partial charge is 0.481 e. The number of para-hydroxylation sites is 1. The van der Waals surface area contributed by atoms with Crippen molar-refractivity contribution in [3.05, 3.63) is 42.2 Å². The Morgan fingerprint density at radius 2 is 2.19 bits per heavy atom. The lowest BCUT2D eigenvalue weighted by Gasteiger charge is -2.21. The Hall–Kier alpha value is -2.21. The summed E-state index contributed by atoms with van der Waals surface area (Å²) in [6, 6.07) is 5.97. The molecule has 3 aliphatic rings. The Morgan fingerprint density at radius 3 is 2.90 bits per heavy atom. The molecule has 1 N–H and O–H groups in total. The molecule has 0 aromatic heterocycles. The van der Waals surface area contributed by atoms with E-state index < -0.39 is 35.3 Å². The molecule has 1 aromatic rings. The van der Waals surface area contributed by atoms with Crippen LogP contribution in [0.25, 0.3) is 0 Å². The number of amides is 1. The van der Waals surface area contributed by atoms with Crippen LogP contribution in [0.1, 0.15) is 0 Å². The first-order valence-corrected chi connectivity index (χ1v) is 6.69. The Morgan fingerprint density at radius 1 is 1.43 bits per heavy atom. The molecule has 2 fully saturated rings. The van der Waals surface area contributed by atoms with Crippen LogP contribution in [0.3, 0.4) is 0 Å². The fraction of sp³-hybridized carbons (Fsp3) is 0.333. The first kappa shape index (κ1) is 12.5. The van der Waals surface area contributed by atoms with Gasteiger partial charge in [-0.25, -0.2) is 4.39 Å². The van der Waals surface area contributed by atoms with Gasteiger partial charge in [-0.05, 0) is 12.1 Å². The summed E-state index contributed by atoms with van der Waals surface area (Å²) in [5.41, 5.74) is -0.775. The molecule has 2 saturated heterocycles. The number of hydrogen-bond acceptors (Lipinski definition) is 3. The lowest BCUT2D eigenvalue weighted by atomic mass is 9.77. The molecule has 2 bridgehead atoms. The van der Waals surface area contributed by atoms with Crippen LogP contribution in [0.2, 0.25) is 0 Å². The topological polar surface area (TPSA) is 66.8 Å². The summed E-state index contributed by atoms with van der Waals surface area (Å²) < 4.78 is 19.7. The number of carbonyl (C=O) groups excluding carboxylic acids is 1. The quantitative estimate of drug-likeness (QED) is 0.831. The van der Waals surface area contributed by atoms with E-state index in [0.717, 1.165) is 0 Å². The Labute approximate surface area is 119 Å². The second kappa shape index (κ2) is 3.92. The molecule has 21 heavy (non-hydrogen) atoms. The zero-order valence-corrected chi connectivity index (χ0v) is 10.9. The normalized spacial score (nSPS) is 36.3. The molecule has 0 saturated carbocycles. The Kier molecular flexibility index (Phi) is 2.34. The maximum Gasteiger partial charge on any atom is 0.310 e. The number of benzene rings is 1. The highest BCUT2D eigenvalue weighted by Crippen LogP contribution is 2.52. The minimum atomic E-state index is -1.06. The molecule has 3 aliphatic heterocycles. The highest BCUT2D eigenvalue weighted by atomic mass is 19.1. The predicted molar refractivity (Wildman–Crippen MR) is 70.1 cm³/mol. The van der Waals surface area contributed by atoms with Crippen LogP contribution in [0.15, 0.2) is 36.4 Å². The first-order chi connectivity index (χ1) is 10.0. The standard InChI is InChI=1S/C15H12FNO4/c16-8-3-1-2-4-9(8)17-7-15-6-5-10(21-15)11(14(19)20)12(15)13(17)18/h1-6,10-12H,7H2,(H,19,20)/t10-,11-,12-,15-/m1/s1. The summed E-state index contributed by atoms with van der Waals surface area (Å²) in [5.74, 6) is -3.64. The first-order valence-electron chi connectivity index (χ1n) is 6.69. The third kappa shape index (κ3) is 1.48. The molecule has 4 atom stereocenters. The van der Waals surface area contributed by atoms with Gasteiger partial charge >= 0.3 is 5.97 Å². The monoisotopic (exact) mass is 289 g/mol. The van der Waals surface area contributed by atoms with E-state index >= 15 is 0 Å². The maximum atomic E-state index is 13.9. The van der Waals surface area contributed by atoms with Gasteiger partial charge in [0.05, 0.1) is 24.3 Å². The lowest BCUT2D eigenvalue weighted by molar-refractivity contribution is -0.146. The molecule has 0 aliphatic carbocycles. The van der Waals surface area contributed by atoms with Crippen molar-refractivity contribution >= 4 is 17.6 Å². The zero-order valence-electron chi connectivity index (χ0n) is 10.9. The third-order valence-electron chi connectivity index (χ3n) is 4.53. The molecule has 3 heterocycles. The highest BCUT2D eigenvalue weighted by Gasteiger charge is 2.67. The molecular formula is C15H12FNO4. The van der Waals surface area contributed by atoms with Crippen LogP contribution in [-0.2, 0) is 14.3 Å². The van der Waals surface area contributed by atoms with Crippen molar-refractivity contribution in [1.82, 2.24) is 0 Å². The molecular weight excluding hydrogens is 277 g/mol. The van der Waals surface area contributed by atoms with E-state index in [-0.39, 0.29) is 18.1 Å². The second-order valence-electron chi connectivity index (χ2n) is 5.61. The molecule has 108 valence electrons. The molecule has 0 radical (unpaired) electrons. The van der Waals surface area contributed by atoms with Crippen molar-refractivity contribution in [2.24, 2.45) is 11.8 Å². The van der Waals surface area contributed by atoms with E-state index in [1.54, 1.807) is 24.3 Å². The van der Waals surface area contributed by atoms with Gasteiger partial charge in [0.25, 0.3) is 0 Å². The average Bonchev–Trinajstić information content (AvgIpc) is 3.08. The maximum absolute atomic E-state index is 13.9. The van der Waals surface area contributed by atoms with E-state index in [4.69, 9.17) is 4.74 Å². The van der Waals surface area contributed by atoms with Crippen LogP contribution in [0.5, 0.6) is 0 Å². The van der Waals surface area contributed by atoms with E-state index in [1.165, 1.54) is 17.0 Å². The summed E-state index contributed by atoms with van der Waals surface area (Å²) in [4.78, 5) is 25.3. The van der Waals surface area contributed by atoms with E-state index in [1.807, 2.05) is 0 Å². The van der Waals surface area contributed by atoms with Crippen LogP contribution in [0, 0.1) is 17.7 Å². The predicted octanol–water partition coefficient (Wildman–Crippen LogP) is 1.20. The number of hydrogen-bond donors (Lipinski definition) is 1. The van der Waals surface area contributed by atoms with Crippen molar-refractivity contribution in [3.8, 4) is 0 Å². The van der Waals surface area contributed by atoms with Gasteiger partial charge in [-0.1, -0.05) is 24.3 Å². The van der Waals surface area contributed by atoms with Gasteiger partial charge in [0.2, 0.25) is 5.91 Å².